The highest BCUT2D eigenvalue weighted by Crippen LogP contribution is 2.20. The standard InChI is InChI=1S/C18H24BrFN2O3.ClH/c1-18(2,3)25-17(24)21-14-6-8-22(9-7-14)16(23)11-12-10-13(20)4-5-15(12)19;/h4-5,10,14H,6-9,11H2,1-3H3,(H,21,24);1H. The number of amides is 2. The summed E-state index contributed by atoms with van der Waals surface area (Å²) in [6.07, 6.45) is 1.08. The molecule has 1 aliphatic rings. The first-order chi connectivity index (χ1) is 11.6. The van der Waals surface area contributed by atoms with Crippen LogP contribution in [0.4, 0.5) is 9.18 Å². The minimum atomic E-state index is -0.529. The van der Waals surface area contributed by atoms with E-state index in [0.29, 0.717) is 31.5 Å². The first kappa shape index (κ1) is 22.7. The van der Waals surface area contributed by atoms with Gasteiger partial charge in [-0.05, 0) is 57.4 Å². The molecule has 1 saturated heterocycles. The fraction of sp³-hybridized carbons (Fsp3) is 0.556. The quantitative estimate of drug-likeness (QED) is 0.754. The van der Waals surface area contributed by atoms with Crippen molar-refractivity contribution in [1.29, 1.82) is 0 Å². The van der Waals surface area contributed by atoms with Gasteiger partial charge in [0.05, 0.1) is 6.42 Å². The molecule has 1 aromatic rings. The summed E-state index contributed by atoms with van der Waals surface area (Å²) in [5, 5.41) is 2.84. The SMILES string of the molecule is CC(C)(C)OC(=O)NC1CCN(C(=O)Cc2cc(F)ccc2Br)CC1.Cl. The normalized spacial score (nSPS) is 15.2. The summed E-state index contributed by atoms with van der Waals surface area (Å²) in [7, 11) is 0. The molecule has 0 unspecified atom stereocenters. The van der Waals surface area contributed by atoms with Gasteiger partial charge in [-0.3, -0.25) is 4.79 Å². The van der Waals surface area contributed by atoms with Crippen LogP contribution in [0.25, 0.3) is 0 Å². The predicted molar refractivity (Wildman–Crippen MR) is 104 cm³/mol. The van der Waals surface area contributed by atoms with E-state index in [-0.39, 0.29) is 36.6 Å². The Balaban J connectivity index is 0.00000338. The summed E-state index contributed by atoms with van der Waals surface area (Å²) in [6, 6.07) is 4.33. The Morgan fingerprint density at radius 2 is 1.92 bits per heavy atom. The second kappa shape index (κ2) is 9.55. The van der Waals surface area contributed by atoms with E-state index in [1.165, 1.54) is 12.1 Å². The van der Waals surface area contributed by atoms with Crippen molar-refractivity contribution < 1.29 is 18.7 Å². The van der Waals surface area contributed by atoms with E-state index in [1.807, 2.05) is 20.8 Å². The molecule has 2 rings (SSSR count). The first-order valence-corrected chi connectivity index (χ1v) is 9.14. The molecule has 0 aliphatic carbocycles. The summed E-state index contributed by atoms with van der Waals surface area (Å²) in [5.41, 5.74) is 0.109. The molecular formula is C18H25BrClFN2O3. The maximum Gasteiger partial charge on any atom is 0.407 e. The third-order valence-electron chi connectivity index (χ3n) is 3.92. The lowest BCUT2D eigenvalue weighted by Gasteiger charge is -2.33. The first-order valence-electron chi connectivity index (χ1n) is 8.35. The number of benzene rings is 1. The molecule has 0 bridgehead atoms. The minimum Gasteiger partial charge on any atom is -0.444 e. The fourth-order valence-electron chi connectivity index (χ4n) is 2.70. The highest BCUT2D eigenvalue weighted by atomic mass is 79.9. The maximum atomic E-state index is 13.3. The van der Waals surface area contributed by atoms with E-state index in [1.54, 1.807) is 11.0 Å². The molecule has 0 spiro atoms. The average Bonchev–Trinajstić information content (AvgIpc) is 2.49. The number of piperidine rings is 1. The molecule has 1 heterocycles. The highest BCUT2D eigenvalue weighted by molar-refractivity contribution is 9.10. The molecule has 26 heavy (non-hydrogen) atoms. The van der Waals surface area contributed by atoms with Crippen molar-refractivity contribution in [3.63, 3.8) is 0 Å². The number of carbonyl (C=O) groups excluding carboxylic acids is 2. The Bertz CT molecular complexity index is 644. The van der Waals surface area contributed by atoms with Crippen LogP contribution in [-0.2, 0) is 16.0 Å². The molecule has 0 saturated carbocycles. The number of hydrogen-bond donors (Lipinski definition) is 1. The number of nitrogens with one attached hydrogen (secondary N) is 1. The molecule has 1 aliphatic heterocycles. The van der Waals surface area contributed by atoms with Crippen molar-refractivity contribution in [2.75, 3.05) is 13.1 Å². The van der Waals surface area contributed by atoms with Gasteiger partial charge in [0.15, 0.2) is 0 Å². The number of ether oxygens (including phenoxy) is 1. The Kier molecular flexibility index (Phi) is 8.34. The Labute approximate surface area is 168 Å². The number of likely N-dealkylation sites (tertiary alicyclic amines) is 1. The van der Waals surface area contributed by atoms with Gasteiger partial charge < -0.3 is 15.0 Å². The van der Waals surface area contributed by atoms with Crippen LogP contribution in [0.2, 0.25) is 0 Å². The molecule has 0 atom stereocenters. The number of alkyl carbamates (subject to hydrolysis) is 1. The van der Waals surface area contributed by atoms with Crippen molar-refractivity contribution in [1.82, 2.24) is 10.2 Å². The zero-order chi connectivity index (χ0) is 18.6. The summed E-state index contributed by atoms with van der Waals surface area (Å²) < 4.78 is 19.3. The summed E-state index contributed by atoms with van der Waals surface area (Å²) in [5.74, 6) is -0.395. The van der Waals surface area contributed by atoms with Crippen LogP contribution in [0, 0.1) is 5.82 Å². The number of halogens is 3. The lowest BCUT2D eigenvalue weighted by Crippen LogP contribution is -2.48. The van der Waals surface area contributed by atoms with Gasteiger partial charge in [-0.2, -0.15) is 0 Å². The summed E-state index contributed by atoms with van der Waals surface area (Å²) in [6.45, 7) is 6.58. The lowest BCUT2D eigenvalue weighted by molar-refractivity contribution is -0.131. The predicted octanol–water partition coefficient (Wildman–Crippen LogP) is 4.07. The number of hydrogen-bond acceptors (Lipinski definition) is 3. The molecule has 2 amide bonds. The van der Waals surface area contributed by atoms with Gasteiger partial charge in [-0.15, -0.1) is 12.4 Å². The zero-order valence-corrected chi connectivity index (χ0v) is 17.6. The van der Waals surface area contributed by atoms with Crippen LogP contribution in [0.3, 0.4) is 0 Å². The Morgan fingerprint density at radius 3 is 2.50 bits per heavy atom. The zero-order valence-electron chi connectivity index (χ0n) is 15.2. The molecule has 1 N–H and O–H groups in total. The van der Waals surface area contributed by atoms with Gasteiger partial charge in [0, 0.05) is 23.6 Å². The lowest BCUT2D eigenvalue weighted by atomic mass is 10.0. The third kappa shape index (κ3) is 7.11. The topological polar surface area (TPSA) is 58.6 Å². The van der Waals surface area contributed by atoms with Gasteiger partial charge in [0.2, 0.25) is 5.91 Å². The van der Waals surface area contributed by atoms with Crippen molar-refractivity contribution in [2.45, 2.75) is 51.7 Å². The molecule has 1 fully saturated rings. The molecule has 0 radical (unpaired) electrons. The fourth-order valence-corrected chi connectivity index (χ4v) is 3.09. The molecule has 0 aromatic heterocycles. The van der Waals surface area contributed by atoms with Gasteiger partial charge in [-0.1, -0.05) is 15.9 Å². The van der Waals surface area contributed by atoms with Crippen LogP contribution >= 0.6 is 28.3 Å². The van der Waals surface area contributed by atoms with E-state index in [4.69, 9.17) is 4.74 Å². The van der Waals surface area contributed by atoms with Crippen LogP contribution in [-0.4, -0.2) is 41.6 Å². The molecule has 5 nitrogen and oxygen atoms in total. The van der Waals surface area contributed by atoms with E-state index >= 15 is 0 Å². The van der Waals surface area contributed by atoms with Crippen molar-refractivity contribution in [3.05, 3.63) is 34.1 Å². The largest absolute Gasteiger partial charge is 0.444 e. The van der Waals surface area contributed by atoms with Crippen LogP contribution in [0.5, 0.6) is 0 Å². The average molecular weight is 452 g/mol. The number of rotatable bonds is 3. The molecule has 8 heteroatoms. The maximum absolute atomic E-state index is 13.3. The monoisotopic (exact) mass is 450 g/mol. The second-order valence-electron chi connectivity index (χ2n) is 7.21. The van der Waals surface area contributed by atoms with Crippen LogP contribution in [0.15, 0.2) is 22.7 Å². The van der Waals surface area contributed by atoms with E-state index in [2.05, 4.69) is 21.2 Å². The second-order valence-corrected chi connectivity index (χ2v) is 8.07. The van der Waals surface area contributed by atoms with Gasteiger partial charge in [-0.25, -0.2) is 9.18 Å². The van der Waals surface area contributed by atoms with E-state index < -0.39 is 11.7 Å². The number of nitrogens with zero attached hydrogens (tertiary/aromatic N) is 1. The van der Waals surface area contributed by atoms with Crippen molar-refractivity contribution in [2.24, 2.45) is 0 Å². The molecule has 146 valence electrons. The van der Waals surface area contributed by atoms with Crippen LogP contribution in [0.1, 0.15) is 39.2 Å². The van der Waals surface area contributed by atoms with Crippen molar-refractivity contribution >= 4 is 40.3 Å². The van der Waals surface area contributed by atoms with Gasteiger partial charge in [0.1, 0.15) is 11.4 Å². The highest BCUT2D eigenvalue weighted by Gasteiger charge is 2.26. The Hall–Kier alpha value is -1.34. The van der Waals surface area contributed by atoms with Gasteiger partial charge >= 0.3 is 6.09 Å². The van der Waals surface area contributed by atoms with Gasteiger partial charge in [0.25, 0.3) is 0 Å². The van der Waals surface area contributed by atoms with E-state index in [0.717, 1.165) is 4.47 Å². The molecule has 1 aromatic carbocycles. The minimum absolute atomic E-state index is 0. The van der Waals surface area contributed by atoms with Crippen LogP contribution < -0.4 is 5.32 Å². The van der Waals surface area contributed by atoms with E-state index in [9.17, 15) is 14.0 Å². The third-order valence-corrected chi connectivity index (χ3v) is 4.69. The van der Waals surface area contributed by atoms with Crippen molar-refractivity contribution in [3.8, 4) is 0 Å². The number of carbonyl (C=O) groups is 2. The Morgan fingerprint density at radius 1 is 1.31 bits per heavy atom. The molecular weight excluding hydrogens is 427 g/mol. The summed E-state index contributed by atoms with van der Waals surface area (Å²) >= 11 is 3.34. The summed E-state index contributed by atoms with van der Waals surface area (Å²) in [4.78, 5) is 26.0. The smallest absolute Gasteiger partial charge is 0.407 e.